The maximum absolute atomic E-state index is 12.0. The highest BCUT2D eigenvalue weighted by atomic mass is 32.1. The van der Waals surface area contributed by atoms with Gasteiger partial charge in [0.05, 0.1) is 6.61 Å². The second kappa shape index (κ2) is 6.10. The molecule has 7 heteroatoms. The molecule has 0 aromatic carbocycles. The van der Waals surface area contributed by atoms with E-state index in [1.54, 1.807) is 4.52 Å². The number of aryl methyl sites for hydroxylation is 1. The van der Waals surface area contributed by atoms with Gasteiger partial charge in [0.15, 0.2) is 5.82 Å². The molecule has 0 radical (unpaired) electrons. The summed E-state index contributed by atoms with van der Waals surface area (Å²) in [5, 5.41) is 13.4. The van der Waals surface area contributed by atoms with Gasteiger partial charge in [-0.25, -0.2) is 0 Å². The Morgan fingerprint density at radius 1 is 1.37 bits per heavy atom. The molecule has 0 bridgehead atoms. The van der Waals surface area contributed by atoms with E-state index < -0.39 is 0 Å². The van der Waals surface area contributed by atoms with Gasteiger partial charge in [-0.2, -0.15) is 9.61 Å². The van der Waals surface area contributed by atoms with Crippen molar-refractivity contribution < 1.29 is 9.53 Å². The molecule has 0 saturated carbocycles. The van der Waals surface area contributed by atoms with Crippen LogP contribution in [0.2, 0.25) is 0 Å². The predicted molar refractivity (Wildman–Crippen MR) is 72.3 cm³/mol. The third-order valence-corrected chi connectivity index (χ3v) is 3.85. The van der Waals surface area contributed by atoms with Crippen molar-refractivity contribution in [2.45, 2.75) is 46.0 Å². The molecule has 19 heavy (non-hydrogen) atoms. The van der Waals surface area contributed by atoms with Gasteiger partial charge in [0.1, 0.15) is 10.9 Å². The zero-order chi connectivity index (χ0) is 13.8. The molecule has 0 aliphatic rings. The summed E-state index contributed by atoms with van der Waals surface area (Å²) in [7, 11) is 0. The zero-order valence-corrected chi connectivity index (χ0v) is 12.2. The summed E-state index contributed by atoms with van der Waals surface area (Å²) >= 11 is 1.41. The highest BCUT2D eigenvalue weighted by Gasteiger charge is 2.26. The highest BCUT2D eigenvalue weighted by molar-refractivity contribution is 7.16. The summed E-state index contributed by atoms with van der Waals surface area (Å²) in [6, 6.07) is 0. The summed E-state index contributed by atoms with van der Waals surface area (Å²) in [6.45, 7) is 6.26. The molecule has 2 heterocycles. The first kappa shape index (κ1) is 13.9. The number of esters is 1. The van der Waals surface area contributed by atoms with Crippen molar-refractivity contribution in [1.29, 1.82) is 0 Å². The molecule has 2 aromatic heterocycles. The molecule has 0 N–H and O–H groups in total. The molecule has 0 fully saturated rings. The molecule has 0 amide bonds. The van der Waals surface area contributed by atoms with E-state index in [2.05, 4.69) is 15.3 Å². The van der Waals surface area contributed by atoms with Crippen molar-refractivity contribution in [3.63, 3.8) is 0 Å². The average Bonchev–Trinajstić information content (AvgIpc) is 2.95. The van der Waals surface area contributed by atoms with E-state index in [4.69, 9.17) is 4.74 Å². The zero-order valence-electron chi connectivity index (χ0n) is 11.4. The average molecular weight is 282 g/mol. The fourth-order valence-electron chi connectivity index (χ4n) is 1.91. The molecule has 0 aliphatic heterocycles. The Bertz CT molecular complexity index is 563. The molecule has 2 rings (SSSR count). The third kappa shape index (κ3) is 2.75. The van der Waals surface area contributed by atoms with Crippen molar-refractivity contribution in [2.24, 2.45) is 0 Å². The van der Waals surface area contributed by atoms with Crippen LogP contribution in [0.1, 0.15) is 50.4 Å². The largest absolute Gasteiger partial charge is 0.465 e. The molecule has 1 unspecified atom stereocenters. The van der Waals surface area contributed by atoms with Gasteiger partial charge in [-0.15, -0.1) is 10.2 Å². The first-order valence-corrected chi connectivity index (χ1v) is 7.40. The maximum atomic E-state index is 12.0. The Hall–Kier alpha value is -1.50. The second-order valence-corrected chi connectivity index (χ2v) is 5.19. The number of ether oxygens (including phenoxy) is 1. The van der Waals surface area contributed by atoms with Gasteiger partial charge in [0.2, 0.25) is 4.96 Å². The van der Waals surface area contributed by atoms with Crippen LogP contribution in [0, 0.1) is 0 Å². The van der Waals surface area contributed by atoms with E-state index in [0.717, 1.165) is 35.1 Å². The topological polar surface area (TPSA) is 69.4 Å². The normalized spacial score (nSPS) is 12.8. The van der Waals surface area contributed by atoms with Crippen molar-refractivity contribution in [1.82, 2.24) is 19.8 Å². The van der Waals surface area contributed by atoms with Crippen molar-refractivity contribution in [2.75, 3.05) is 6.61 Å². The molecule has 2 aromatic rings. The van der Waals surface area contributed by atoms with Gasteiger partial charge in [-0.1, -0.05) is 31.6 Å². The van der Waals surface area contributed by atoms with Crippen LogP contribution < -0.4 is 0 Å². The first-order valence-electron chi connectivity index (χ1n) is 6.58. The number of carbonyl (C=O) groups excluding carboxylic acids is 1. The van der Waals surface area contributed by atoms with Crippen molar-refractivity contribution in [3.8, 4) is 0 Å². The number of nitrogens with zero attached hydrogens (tertiary/aromatic N) is 4. The molecule has 104 valence electrons. The van der Waals surface area contributed by atoms with Crippen LogP contribution in [0.3, 0.4) is 0 Å². The minimum atomic E-state index is -0.290. The van der Waals surface area contributed by atoms with Crippen LogP contribution in [0.25, 0.3) is 4.96 Å². The summed E-state index contributed by atoms with van der Waals surface area (Å²) < 4.78 is 6.85. The Balaban J connectivity index is 2.33. The summed E-state index contributed by atoms with van der Waals surface area (Å²) in [6.07, 6.45) is 2.41. The number of aromatic nitrogens is 4. The SMILES string of the molecule is CCCC(C(=O)OCC)c1nn2c(CC)nnc2s1. The predicted octanol–water partition coefficient (Wildman–Crippen LogP) is 2.20. The van der Waals surface area contributed by atoms with Gasteiger partial charge in [-0.05, 0) is 13.3 Å². The molecule has 0 spiro atoms. The van der Waals surface area contributed by atoms with Crippen LogP contribution in [-0.2, 0) is 16.0 Å². The van der Waals surface area contributed by atoms with E-state index >= 15 is 0 Å². The summed E-state index contributed by atoms with van der Waals surface area (Å²) in [5.41, 5.74) is 0. The number of fused-ring (bicyclic) bond motifs is 1. The molecule has 6 nitrogen and oxygen atoms in total. The Kier molecular flexibility index (Phi) is 4.47. The van der Waals surface area contributed by atoms with Gasteiger partial charge in [0.25, 0.3) is 0 Å². The lowest BCUT2D eigenvalue weighted by Crippen LogP contribution is -2.16. The quantitative estimate of drug-likeness (QED) is 0.760. The summed E-state index contributed by atoms with van der Waals surface area (Å²) in [4.78, 5) is 12.7. The van der Waals surface area contributed by atoms with E-state index in [9.17, 15) is 4.79 Å². The third-order valence-electron chi connectivity index (χ3n) is 2.83. The standard InChI is InChI=1S/C12H18N4O2S/c1-4-7-8(11(17)18-6-3)10-15-16-9(5-2)13-14-12(16)19-10/h8H,4-7H2,1-3H3. The van der Waals surface area contributed by atoms with Crippen LogP contribution in [-0.4, -0.2) is 32.4 Å². The lowest BCUT2D eigenvalue weighted by molar-refractivity contribution is -0.145. The molecule has 1 atom stereocenters. The van der Waals surface area contributed by atoms with Crippen LogP contribution in [0.5, 0.6) is 0 Å². The number of hydrogen-bond donors (Lipinski definition) is 0. The second-order valence-electron chi connectivity index (χ2n) is 4.20. The number of hydrogen-bond acceptors (Lipinski definition) is 6. The lowest BCUT2D eigenvalue weighted by atomic mass is 10.1. The van der Waals surface area contributed by atoms with Crippen LogP contribution in [0.15, 0.2) is 0 Å². The monoisotopic (exact) mass is 282 g/mol. The van der Waals surface area contributed by atoms with E-state index in [-0.39, 0.29) is 11.9 Å². The first-order chi connectivity index (χ1) is 9.21. The van der Waals surface area contributed by atoms with Crippen molar-refractivity contribution >= 4 is 22.3 Å². The Labute approximate surface area is 115 Å². The molecular formula is C12H18N4O2S. The lowest BCUT2D eigenvalue weighted by Gasteiger charge is -2.11. The van der Waals surface area contributed by atoms with Gasteiger partial charge in [-0.3, -0.25) is 4.79 Å². The Morgan fingerprint density at radius 3 is 2.79 bits per heavy atom. The summed E-state index contributed by atoms with van der Waals surface area (Å²) in [5.74, 6) is 0.324. The van der Waals surface area contributed by atoms with Gasteiger partial charge >= 0.3 is 5.97 Å². The van der Waals surface area contributed by atoms with E-state index in [1.165, 1.54) is 11.3 Å². The highest BCUT2D eigenvalue weighted by Crippen LogP contribution is 2.27. The van der Waals surface area contributed by atoms with Gasteiger partial charge in [0, 0.05) is 6.42 Å². The number of carbonyl (C=O) groups is 1. The van der Waals surface area contributed by atoms with E-state index in [0.29, 0.717) is 6.61 Å². The molecule has 0 aliphatic carbocycles. The fraction of sp³-hybridized carbons (Fsp3) is 0.667. The van der Waals surface area contributed by atoms with Gasteiger partial charge < -0.3 is 4.74 Å². The van der Waals surface area contributed by atoms with E-state index in [1.807, 2.05) is 20.8 Å². The van der Waals surface area contributed by atoms with Crippen LogP contribution >= 0.6 is 11.3 Å². The van der Waals surface area contributed by atoms with Crippen molar-refractivity contribution in [3.05, 3.63) is 10.8 Å². The molecular weight excluding hydrogens is 264 g/mol. The minimum Gasteiger partial charge on any atom is -0.465 e. The molecule has 0 saturated heterocycles. The fourth-order valence-corrected chi connectivity index (χ4v) is 2.89. The minimum absolute atomic E-state index is 0.202. The van der Waals surface area contributed by atoms with Crippen LogP contribution in [0.4, 0.5) is 0 Å². The smallest absolute Gasteiger partial charge is 0.315 e. The maximum Gasteiger partial charge on any atom is 0.315 e. The number of rotatable bonds is 6. The Morgan fingerprint density at radius 2 is 2.16 bits per heavy atom.